The third-order valence-corrected chi connectivity index (χ3v) is 8.09. The van der Waals surface area contributed by atoms with E-state index in [2.05, 4.69) is 193 Å². The smallest absolute Gasteiger partial charge is 0.0487 e. The molecule has 7 aromatic rings. The zero-order chi connectivity index (χ0) is 29.0. The molecule has 0 fully saturated rings. The molecule has 0 aromatic heterocycles. The molecule has 0 aliphatic carbocycles. The molecule has 0 aliphatic heterocycles. The summed E-state index contributed by atoms with van der Waals surface area (Å²) in [5, 5.41) is 2.50. The van der Waals surface area contributed by atoms with Crippen LogP contribution >= 0.6 is 0 Å². The van der Waals surface area contributed by atoms with Crippen LogP contribution in [0.4, 0.5) is 28.4 Å². The predicted molar refractivity (Wildman–Crippen MR) is 184 cm³/mol. The molecule has 206 valence electrons. The quantitative estimate of drug-likeness (QED) is 0.194. The molecule has 0 unspecified atom stereocenters. The Morgan fingerprint density at radius 2 is 0.744 bits per heavy atom. The van der Waals surface area contributed by atoms with Gasteiger partial charge < -0.3 is 9.80 Å². The van der Waals surface area contributed by atoms with Crippen molar-refractivity contribution in [3.8, 4) is 22.3 Å². The van der Waals surface area contributed by atoms with E-state index in [1.165, 1.54) is 38.7 Å². The van der Waals surface area contributed by atoms with Crippen LogP contribution < -0.4 is 9.80 Å². The van der Waals surface area contributed by atoms with E-state index >= 15 is 0 Å². The maximum Gasteiger partial charge on any atom is 0.0487 e. The summed E-state index contributed by atoms with van der Waals surface area (Å²) in [5.74, 6) is 0. The van der Waals surface area contributed by atoms with Crippen molar-refractivity contribution in [2.24, 2.45) is 0 Å². The fraction of sp³-hybridized carbons (Fsp3) is 0.0244. The van der Waals surface area contributed by atoms with Crippen LogP contribution in [-0.4, -0.2) is 7.05 Å². The summed E-state index contributed by atoms with van der Waals surface area (Å²) in [4.78, 5) is 4.57. The van der Waals surface area contributed by atoms with Crippen molar-refractivity contribution in [3.05, 3.63) is 176 Å². The third-order valence-electron chi connectivity index (χ3n) is 8.09. The van der Waals surface area contributed by atoms with Crippen LogP contribution in [0.2, 0.25) is 0 Å². The highest BCUT2D eigenvalue weighted by Crippen LogP contribution is 2.37. The van der Waals surface area contributed by atoms with E-state index < -0.39 is 0 Å². The van der Waals surface area contributed by atoms with Gasteiger partial charge in [0.1, 0.15) is 0 Å². The Labute approximate surface area is 253 Å². The maximum absolute atomic E-state index is 2.31. The highest BCUT2D eigenvalue weighted by atomic mass is 15.1. The number of anilines is 5. The van der Waals surface area contributed by atoms with Gasteiger partial charge in [-0.15, -0.1) is 0 Å². The van der Waals surface area contributed by atoms with Gasteiger partial charge in [0.15, 0.2) is 0 Å². The van der Waals surface area contributed by atoms with Crippen LogP contribution in [0.5, 0.6) is 0 Å². The molecular formula is C41H32N2. The fourth-order valence-electron chi connectivity index (χ4n) is 5.78. The second kappa shape index (κ2) is 11.7. The molecular weight excluding hydrogens is 520 g/mol. The van der Waals surface area contributed by atoms with Crippen LogP contribution in [-0.2, 0) is 0 Å². The van der Waals surface area contributed by atoms with E-state index in [0.29, 0.717) is 0 Å². The molecule has 0 bridgehead atoms. The van der Waals surface area contributed by atoms with Crippen LogP contribution in [0, 0.1) is 0 Å². The minimum absolute atomic E-state index is 1.12. The number of para-hydroxylation sites is 1. The Morgan fingerprint density at radius 1 is 0.326 bits per heavy atom. The van der Waals surface area contributed by atoms with Crippen LogP contribution in [0.1, 0.15) is 0 Å². The minimum Gasteiger partial charge on any atom is -0.344 e. The average Bonchev–Trinajstić information content (AvgIpc) is 3.09. The monoisotopic (exact) mass is 552 g/mol. The summed E-state index contributed by atoms with van der Waals surface area (Å²) in [6.07, 6.45) is 0. The van der Waals surface area contributed by atoms with Crippen LogP contribution in [0.25, 0.3) is 33.0 Å². The van der Waals surface area contributed by atoms with Gasteiger partial charge in [0.05, 0.1) is 0 Å². The van der Waals surface area contributed by atoms with E-state index in [0.717, 1.165) is 22.7 Å². The van der Waals surface area contributed by atoms with E-state index in [-0.39, 0.29) is 0 Å². The van der Waals surface area contributed by atoms with Gasteiger partial charge in [-0.25, -0.2) is 0 Å². The molecule has 0 atom stereocenters. The molecule has 0 saturated heterocycles. The van der Waals surface area contributed by atoms with Gasteiger partial charge in [-0.3, -0.25) is 0 Å². The van der Waals surface area contributed by atoms with Gasteiger partial charge in [0.2, 0.25) is 0 Å². The molecule has 7 aromatic carbocycles. The first-order valence-corrected chi connectivity index (χ1v) is 14.7. The Bertz CT molecular complexity index is 1940. The lowest BCUT2D eigenvalue weighted by Crippen LogP contribution is -2.10. The summed E-state index contributed by atoms with van der Waals surface area (Å²) in [6, 6.07) is 62.6. The summed E-state index contributed by atoms with van der Waals surface area (Å²) in [5.41, 5.74) is 10.5. The van der Waals surface area contributed by atoms with Gasteiger partial charge in [0.25, 0.3) is 0 Å². The number of hydrogen-bond donors (Lipinski definition) is 0. The van der Waals surface area contributed by atoms with E-state index in [1.807, 2.05) is 0 Å². The van der Waals surface area contributed by atoms with Crippen molar-refractivity contribution >= 4 is 39.2 Å². The van der Waals surface area contributed by atoms with Gasteiger partial charge in [-0.1, -0.05) is 121 Å². The molecule has 2 nitrogen and oxygen atoms in total. The molecule has 0 amide bonds. The lowest BCUT2D eigenvalue weighted by Gasteiger charge is -2.26. The zero-order valence-electron chi connectivity index (χ0n) is 24.1. The summed E-state index contributed by atoms with van der Waals surface area (Å²) in [6.45, 7) is 0. The first-order valence-electron chi connectivity index (χ1n) is 14.7. The predicted octanol–water partition coefficient (Wildman–Crippen LogP) is 11.4. The van der Waals surface area contributed by atoms with Crippen molar-refractivity contribution in [3.63, 3.8) is 0 Å². The Kier molecular flexibility index (Phi) is 7.17. The molecule has 0 N–H and O–H groups in total. The molecule has 0 aliphatic rings. The second-order valence-corrected chi connectivity index (χ2v) is 10.7. The topological polar surface area (TPSA) is 6.48 Å². The lowest BCUT2D eigenvalue weighted by molar-refractivity contribution is 1.22. The Morgan fingerprint density at radius 3 is 1.33 bits per heavy atom. The summed E-state index contributed by atoms with van der Waals surface area (Å²) >= 11 is 0. The van der Waals surface area contributed by atoms with Gasteiger partial charge >= 0.3 is 0 Å². The minimum atomic E-state index is 1.12. The van der Waals surface area contributed by atoms with Crippen molar-refractivity contribution in [1.82, 2.24) is 0 Å². The van der Waals surface area contributed by atoms with Crippen LogP contribution in [0.3, 0.4) is 0 Å². The average molecular weight is 553 g/mol. The SMILES string of the molecule is CN(c1ccc(-c2ccc(N(c3ccccc3)c3ccc(-c4ccccc4)cc3)cc2)cc1)c1cccc2ccccc12. The van der Waals surface area contributed by atoms with Crippen molar-refractivity contribution in [2.75, 3.05) is 16.8 Å². The highest BCUT2D eigenvalue weighted by molar-refractivity contribution is 5.96. The first kappa shape index (κ1) is 26.3. The summed E-state index contributed by atoms with van der Waals surface area (Å²) in [7, 11) is 2.14. The molecule has 0 heterocycles. The molecule has 7 rings (SSSR count). The molecule has 0 saturated carbocycles. The van der Waals surface area contributed by atoms with E-state index in [1.54, 1.807) is 0 Å². The molecule has 0 radical (unpaired) electrons. The zero-order valence-corrected chi connectivity index (χ0v) is 24.1. The van der Waals surface area contributed by atoms with Crippen molar-refractivity contribution < 1.29 is 0 Å². The maximum atomic E-state index is 2.31. The number of benzene rings is 7. The largest absolute Gasteiger partial charge is 0.344 e. The molecule has 2 heteroatoms. The van der Waals surface area contributed by atoms with E-state index in [4.69, 9.17) is 0 Å². The highest BCUT2D eigenvalue weighted by Gasteiger charge is 2.13. The van der Waals surface area contributed by atoms with Gasteiger partial charge in [-0.2, -0.15) is 0 Å². The lowest BCUT2D eigenvalue weighted by atomic mass is 10.0. The number of fused-ring (bicyclic) bond motifs is 1. The fourth-order valence-corrected chi connectivity index (χ4v) is 5.78. The standard InChI is InChI=1S/C41H32N2/c1-42(41-18-10-14-35-13-8-9-17-40(35)41)36-25-19-33(20-26-36)34-23-29-39(30-24-34)43(37-15-6-3-7-16-37)38-27-21-32(22-28-38)31-11-4-2-5-12-31/h2-30H,1H3. The molecule has 0 spiro atoms. The Hall–Kier alpha value is -5.60. The normalized spacial score (nSPS) is 10.9. The van der Waals surface area contributed by atoms with E-state index in [9.17, 15) is 0 Å². The number of rotatable bonds is 7. The summed E-state index contributed by atoms with van der Waals surface area (Å²) < 4.78 is 0. The van der Waals surface area contributed by atoms with Gasteiger partial charge in [-0.05, 0) is 82.2 Å². The van der Waals surface area contributed by atoms with Gasteiger partial charge in [0, 0.05) is 40.9 Å². The van der Waals surface area contributed by atoms with Crippen molar-refractivity contribution in [1.29, 1.82) is 0 Å². The third kappa shape index (κ3) is 5.39. The molecule has 43 heavy (non-hydrogen) atoms. The number of nitrogens with zero attached hydrogens (tertiary/aromatic N) is 2. The Balaban J connectivity index is 1.16. The number of hydrogen-bond acceptors (Lipinski definition) is 2. The first-order chi connectivity index (χ1) is 21.2. The van der Waals surface area contributed by atoms with Crippen LogP contribution in [0.15, 0.2) is 176 Å². The second-order valence-electron chi connectivity index (χ2n) is 10.7. The van der Waals surface area contributed by atoms with Crippen molar-refractivity contribution in [2.45, 2.75) is 0 Å².